The second-order valence-corrected chi connectivity index (χ2v) is 6.93. The summed E-state index contributed by atoms with van der Waals surface area (Å²) in [4.78, 5) is 17.2. The predicted molar refractivity (Wildman–Crippen MR) is 98.2 cm³/mol. The molecule has 2 aromatic heterocycles. The maximum atomic E-state index is 13.8. The zero-order chi connectivity index (χ0) is 18.9. The first-order valence-electron chi connectivity index (χ1n) is 9.01. The van der Waals surface area contributed by atoms with Crippen LogP contribution in [-0.2, 0) is 10.2 Å². The average molecular weight is 368 g/mol. The van der Waals surface area contributed by atoms with Crippen molar-refractivity contribution in [1.82, 2.24) is 19.9 Å². The Labute approximate surface area is 156 Å². The molecule has 0 atom stereocenters. The zero-order valence-corrected chi connectivity index (χ0v) is 15.1. The minimum Gasteiger partial charge on any atom is -0.381 e. The third-order valence-corrected chi connectivity index (χ3v) is 5.27. The molecular formula is C20H21FN4O2. The number of benzene rings is 1. The van der Waals surface area contributed by atoms with Gasteiger partial charge in [-0.3, -0.25) is 4.79 Å². The van der Waals surface area contributed by atoms with E-state index in [-0.39, 0.29) is 17.1 Å². The minimum absolute atomic E-state index is 0.219. The number of ether oxygens (including phenoxy) is 1. The topological polar surface area (TPSA) is 68.5 Å². The molecule has 4 rings (SSSR count). The van der Waals surface area contributed by atoms with Crippen LogP contribution in [0.1, 0.15) is 34.5 Å². The van der Waals surface area contributed by atoms with Gasteiger partial charge in [-0.1, -0.05) is 12.1 Å². The summed E-state index contributed by atoms with van der Waals surface area (Å²) < 4.78 is 20.9. The maximum Gasteiger partial charge on any atom is 0.257 e. The van der Waals surface area contributed by atoms with Gasteiger partial charge in [0.15, 0.2) is 5.65 Å². The number of hydrogen-bond acceptors (Lipinski definition) is 4. The molecule has 0 spiro atoms. The van der Waals surface area contributed by atoms with E-state index < -0.39 is 0 Å². The molecule has 0 radical (unpaired) electrons. The van der Waals surface area contributed by atoms with Crippen LogP contribution in [0, 0.1) is 12.7 Å². The van der Waals surface area contributed by atoms with Crippen molar-refractivity contribution in [2.75, 3.05) is 19.8 Å². The van der Waals surface area contributed by atoms with Gasteiger partial charge in [-0.2, -0.15) is 5.10 Å². The van der Waals surface area contributed by atoms with E-state index in [0.29, 0.717) is 36.7 Å². The van der Waals surface area contributed by atoms with Gasteiger partial charge < -0.3 is 10.1 Å². The molecule has 140 valence electrons. The van der Waals surface area contributed by atoms with Crippen LogP contribution in [0.15, 0.2) is 42.7 Å². The van der Waals surface area contributed by atoms with E-state index in [1.54, 1.807) is 42.0 Å². The van der Waals surface area contributed by atoms with Crippen LogP contribution in [0.25, 0.3) is 5.65 Å². The molecule has 1 aliphatic heterocycles. The van der Waals surface area contributed by atoms with Gasteiger partial charge in [-0.15, -0.1) is 0 Å². The number of hydrogen-bond donors (Lipinski definition) is 1. The second kappa shape index (κ2) is 7.08. The number of fused-ring (bicyclic) bond motifs is 1. The van der Waals surface area contributed by atoms with Crippen molar-refractivity contribution in [1.29, 1.82) is 0 Å². The standard InChI is InChI=1S/C20H21FN4O2/c1-14-17(18-22-8-3-9-25(18)24-14)19(26)23-13-20(6-10-27-11-7-20)15-4-2-5-16(21)12-15/h2-5,8-9,12H,6-7,10-11,13H2,1H3,(H,23,26). The summed E-state index contributed by atoms with van der Waals surface area (Å²) in [6.07, 6.45) is 4.85. The van der Waals surface area contributed by atoms with E-state index in [9.17, 15) is 9.18 Å². The van der Waals surface area contributed by atoms with Crippen molar-refractivity contribution >= 4 is 11.6 Å². The molecule has 7 heteroatoms. The summed E-state index contributed by atoms with van der Waals surface area (Å²) in [5, 5.41) is 7.38. The molecule has 1 fully saturated rings. The normalized spacial score (nSPS) is 16.4. The van der Waals surface area contributed by atoms with Crippen molar-refractivity contribution in [2.45, 2.75) is 25.2 Å². The van der Waals surface area contributed by atoms with Crippen molar-refractivity contribution in [3.63, 3.8) is 0 Å². The monoisotopic (exact) mass is 368 g/mol. The lowest BCUT2D eigenvalue weighted by Gasteiger charge is -2.38. The van der Waals surface area contributed by atoms with Gasteiger partial charge in [0.2, 0.25) is 0 Å². The van der Waals surface area contributed by atoms with E-state index in [4.69, 9.17) is 4.74 Å². The zero-order valence-electron chi connectivity index (χ0n) is 15.1. The summed E-state index contributed by atoms with van der Waals surface area (Å²) in [5.41, 5.74) is 2.16. The molecule has 0 unspecified atom stereocenters. The summed E-state index contributed by atoms with van der Waals surface area (Å²) in [5.74, 6) is -0.490. The molecule has 1 aliphatic rings. The fraction of sp³-hybridized carbons (Fsp3) is 0.350. The molecule has 27 heavy (non-hydrogen) atoms. The Bertz CT molecular complexity index is 979. The maximum absolute atomic E-state index is 13.8. The van der Waals surface area contributed by atoms with E-state index in [2.05, 4.69) is 15.4 Å². The molecule has 0 bridgehead atoms. The Morgan fingerprint density at radius 1 is 1.33 bits per heavy atom. The van der Waals surface area contributed by atoms with Gasteiger partial charge >= 0.3 is 0 Å². The molecular weight excluding hydrogens is 347 g/mol. The van der Waals surface area contributed by atoms with Crippen LogP contribution in [-0.4, -0.2) is 40.3 Å². The largest absolute Gasteiger partial charge is 0.381 e. The smallest absolute Gasteiger partial charge is 0.257 e. The molecule has 3 aromatic rings. The number of aryl methyl sites for hydroxylation is 1. The number of amides is 1. The highest BCUT2D eigenvalue weighted by Crippen LogP contribution is 2.34. The lowest BCUT2D eigenvalue weighted by Crippen LogP contribution is -2.44. The highest BCUT2D eigenvalue weighted by molar-refractivity contribution is 6.01. The molecule has 3 heterocycles. The summed E-state index contributed by atoms with van der Waals surface area (Å²) >= 11 is 0. The van der Waals surface area contributed by atoms with Crippen molar-refractivity contribution < 1.29 is 13.9 Å². The molecule has 6 nitrogen and oxygen atoms in total. The molecule has 0 aliphatic carbocycles. The molecule has 1 saturated heterocycles. The van der Waals surface area contributed by atoms with Crippen molar-refractivity contribution in [3.8, 4) is 0 Å². The fourth-order valence-electron chi connectivity index (χ4n) is 3.75. The fourth-order valence-corrected chi connectivity index (χ4v) is 3.75. The van der Waals surface area contributed by atoms with Crippen LogP contribution < -0.4 is 5.32 Å². The summed E-state index contributed by atoms with van der Waals surface area (Å²) in [6.45, 7) is 3.37. The first-order chi connectivity index (χ1) is 13.1. The molecule has 1 N–H and O–H groups in total. The van der Waals surface area contributed by atoms with Gasteiger partial charge in [0.1, 0.15) is 11.4 Å². The van der Waals surface area contributed by atoms with Crippen LogP contribution in [0.4, 0.5) is 4.39 Å². The first-order valence-corrected chi connectivity index (χ1v) is 9.01. The number of carbonyl (C=O) groups excluding carboxylic acids is 1. The third kappa shape index (κ3) is 3.30. The Hall–Kier alpha value is -2.80. The summed E-state index contributed by atoms with van der Waals surface area (Å²) in [6, 6.07) is 8.39. The molecule has 1 amide bonds. The Morgan fingerprint density at radius 2 is 2.15 bits per heavy atom. The molecule has 1 aromatic carbocycles. The van der Waals surface area contributed by atoms with Crippen molar-refractivity contribution in [2.24, 2.45) is 0 Å². The predicted octanol–water partition coefficient (Wildman–Crippen LogP) is 2.66. The average Bonchev–Trinajstić information content (AvgIpc) is 3.02. The lowest BCUT2D eigenvalue weighted by molar-refractivity contribution is 0.0486. The van der Waals surface area contributed by atoms with E-state index in [0.717, 1.165) is 18.4 Å². The number of nitrogens with zero attached hydrogens (tertiary/aromatic N) is 3. The van der Waals surface area contributed by atoms with Crippen LogP contribution in [0.2, 0.25) is 0 Å². The number of carbonyl (C=O) groups is 1. The van der Waals surface area contributed by atoms with Crippen LogP contribution in [0.5, 0.6) is 0 Å². The second-order valence-electron chi connectivity index (χ2n) is 6.93. The van der Waals surface area contributed by atoms with Gasteiger partial charge in [0, 0.05) is 37.6 Å². The van der Waals surface area contributed by atoms with Crippen molar-refractivity contribution in [3.05, 3.63) is 65.4 Å². The number of rotatable bonds is 4. The number of aromatic nitrogens is 3. The quantitative estimate of drug-likeness (QED) is 0.769. The van der Waals surface area contributed by atoms with Gasteiger partial charge in [0.05, 0.1) is 5.69 Å². The number of halogens is 1. The van der Waals surface area contributed by atoms with Crippen LogP contribution >= 0.6 is 0 Å². The van der Waals surface area contributed by atoms with Crippen LogP contribution in [0.3, 0.4) is 0 Å². The van der Waals surface area contributed by atoms with E-state index >= 15 is 0 Å². The first kappa shape index (κ1) is 17.6. The lowest BCUT2D eigenvalue weighted by atomic mass is 9.74. The third-order valence-electron chi connectivity index (χ3n) is 5.27. The Kier molecular flexibility index (Phi) is 4.61. The Balaban J connectivity index is 1.61. The summed E-state index contributed by atoms with van der Waals surface area (Å²) in [7, 11) is 0. The number of nitrogens with one attached hydrogen (secondary N) is 1. The van der Waals surface area contributed by atoms with E-state index in [1.165, 1.54) is 6.07 Å². The van der Waals surface area contributed by atoms with E-state index in [1.807, 2.05) is 6.07 Å². The highest BCUT2D eigenvalue weighted by atomic mass is 19.1. The minimum atomic E-state index is -0.347. The SMILES string of the molecule is Cc1nn2cccnc2c1C(=O)NCC1(c2cccc(F)c2)CCOCC1. The van der Waals surface area contributed by atoms with Gasteiger partial charge in [-0.25, -0.2) is 13.9 Å². The molecule has 0 saturated carbocycles. The van der Waals surface area contributed by atoms with Gasteiger partial charge in [0.25, 0.3) is 5.91 Å². The van der Waals surface area contributed by atoms with Gasteiger partial charge in [-0.05, 0) is 43.5 Å². The highest BCUT2D eigenvalue weighted by Gasteiger charge is 2.35. The Morgan fingerprint density at radius 3 is 2.93 bits per heavy atom.